The summed E-state index contributed by atoms with van der Waals surface area (Å²) in [4.78, 5) is 0. The monoisotopic (exact) mass is 253 g/mol. The Kier molecular flexibility index (Phi) is 4.47. The lowest BCUT2D eigenvalue weighted by atomic mass is 9.92. The molecule has 0 saturated carbocycles. The molecule has 1 heterocycles. The Morgan fingerprint density at radius 3 is 2.29 bits per heavy atom. The Hall–Kier alpha value is -0.290. The summed E-state index contributed by atoms with van der Waals surface area (Å²) in [6.07, 6.45) is -3.37. The summed E-state index contributed by atoms with van der Waals surface area (Å²) >= 11 is 0. The van der Waals surface area contributed by atoms with Crippen LogP contribution in [0.1, 0.15) is 46.5 Å². The topological polar surface area (TPSA) is 21.3 Å². The highest BCUT2D eigenvalue weighted by Crippen LogP contribution is 2.32. The number of halogens is 3. The van der Waals surface area contributed by atoms with E-state index in [0.717, 1.165) is 13.0 Å². The molecule has 2 atom stereocenters. The third-order valence-corrected chi connectivity index (χ3v) is 3.40. The molecular formula is C12H22F3NO. The molecule has 0 radical (unpaired) electrons. The van der Waals surface area contributed by atoms with Gasteiger partial charge in [-0.2, -0.15) is 13.2 Å². The van der Waals surface area contributed by atoms with E-state index in [9.17, 15) is 13.2 Å². The molecule has 0 aromatic carbocycles. The van der Waals surface area contributed by atoms with Gasteiger partial charge in [0.1, 0.15) is 0 Å². The largest absolute Gasteiger partial charge is 0.389 e. The molecule has 2 nitrogen and oxygen atoms in total. The summed E-state index contributed by atoms with van der Waals surface area (Å²) in [7, 11) is 0. The van der Waals surface area contributed by atoms with Gasteiger partial charge in [0.25, 0.3) is 0 Å². The van der Waals surface area contributed by atoms with Gasteiger partial charge in [0.15, 0.2) is 0 Å². The number of ether oxygens (including phenoxy) is 1. The molecule has 1 aliphatic rings. The van der Waals surface area contributed by atoms with Crippen molar-refractivity contribution in [3.8, 4) is 0 Å². The van der Waals surface area contributed by atoms with Crippen LogP contribution in [0, 0.1) is 0 Å². The fraction of sp³-hybridized carbons (Fsp3) is 1.00. The number of alkyl halides is 3. The van der Waals surface area contributed by atoms with Crippen LogP contribution in [0.25, 0.3) is 0 Å². The molecule has 1 rings (SSSR count). The summed E-state index contributed by atoms with van der Waals surface area (Å²) in [5, 5.41) is 3.26. The van der Waals surface area contributed by atoms with E-state index in [1.165, 1.54) is 0 Å². The minimum absolute atomic E-state index is 0.126. The van der Waals surface area contributed by atoms with Crippen LogP contribution in [0.4, 0.5) is 13.2 Å². The van der Waals surface area contributed by atoms with E-state index >= 15 is 0 Å². The standard InChI is InChI=1S/C12H22F3NO/c1-4-10(2)8-16-9-11(3,17-10)6-5-7-12(13,14)15/h16H,4-9H2,1-3H3. The summed E-state index contributed by atoms with van der Waals surface area (Å²) in [6, 6.07) is 0. The van der Waals surface area contributed by atoms with Gasteiger partial charge in [0, 0.05) is 19.5 Å². The van der Waals surface area contributed by atoms with Crippen molar-refractivity contribution in [3.63, 3.8) is 0 Å². The lowest BCUT2D eigenvalue weighted by molar-refractivity contribution is -0.172. The van der Waals surface area contributed by atoms with Crippen LogP contribution in [0.5, 0.6) is 0 Å². The minimum Gasteiger partial charge on any atom is -0.366 e. The average molecular weight is 253 g/mol. The zero-order valence-corrected chi connectivity index (χ0v) is 10.8. The van der Waals surface area contributed by atoms with Crippen LogP contribution in [0.2, 0.25) is 0 Å². The number of hydrogen-bond donors (Lipinski definition) is 1. The van der Waals surface area contributed by atoms with Gasteiger partial charge in [0.2, 0.25) is 0 Å². The van der Waals surface area contributed by atoms with Gasteiger partial charge in [-0.25, -0.2) is 0 Å². The number of nitrogens with one attached hydrogen (secondary N) is 1. The zero-order chi connectivity index (χ0) is 13.2. The van der Waals surface area contributed by atoms with Crippen LogP contribution in [-0.2, 0) is 4.74 Å². The third kappa shape index (κ3) is 4.84. The summed E-state index contributed by atoms with van der Waals surface area (Å²) in [6.45, 7) is 7.31. The van der Waals surface area contributed by atoms with E-state index in [-0.39, 0.29) is 12.0 Å². The fourth-order valence-corrected chi connectivity index (χ4v) is 2.26. The van der Waals surface area contributed by atoms with E-state index in [1.54, 1.807) is 0 Å². The van der Waals surface area contributed by atoms with Crippen LogP contribution < -0.4 is 5.32 Å². The Morgan fingerprint density at radius 2 is 1.76 bits per heavy atom. The van der Waals surface area contributed by atoms with Crippen LogP contribution in [0.3, 0.4) is 0 Å². The second-order valence-electron chi connectivity index (χ2n) is 5.43. The normalized spacial score (nSPS) is 34.9. The van der Waals surface area contributed by atoms with Gasteiger partial charge in [0.05, 0.1) is 11.2 Å². The number of hydrogen-bond acceptors (Lipinski definition) is 2. The lowest BCUT2D eigenvalue weighted by Gasteiger charge is -2.45. The lowest BCUT2D eigenvalue weighted by Crippen LogP contribution is -2.57. The molecule has 1 fully saturated rings. The Morgan fingerprint density at radius 1 is 1.18 bits per heavy atom. The van der Waals surface area contributed by atoms with Gasteiger partial charge in [-0.3, -0.25) is 0 Å². The number of rotatable bonds is 4. The van der Waals surface area contributed by atoms with Gasteiger partial charge in [-0.05, 0) is 33.1 Å². The summed E-state index contributed by atoms with van der Waals surface area (Å²) in [5.74, 6) is 0. The van der Waals surface area contributed by atoms with E-state index in [2.05, 4.69) is 5.32 Å². The molecule has 5 heteroatoms. The van der Waals surface area contributed by atoms with Crippen molar-refractivity contribution in [2.24, 2.45) is 0 Å². The van der Waals surface area contributed by atoms with Crippen LogP contribution in [-0.4, -0.2) is 30.5 Å². The van der Waals surface area contributed by atoms with Crippen molar-refractivity contribution in [2.75, 3.05) is 13.1 Å². The molecule has 0 aliphatic carbocycles. The van der Waals surface area contributed by atoms with Crippen molar-refractivity contribution in [2.45, 2.75) is 63.8 Å². The molecule has 0 spiro atoms. The molecule has 1 aliphatic heterocycles. The molecule has 0 aromatic rings. The first kappa shape index (κ1) is 14.8. The maximum atomic E-state index is 12.1. The maximum absolute atomic E-state index is 12.1. The quantitative estimate of drug-likeness (QED) is 0.830. The van der Waals surface area contributed by atoms with Gasteiger partial charge in [-0.1, -0.05) is 6.92 Å². The summed E-state index contributed by atoms with van der Waals surface area (Å²) in [5.41, 5.74) is -0.737. The molecule has 0 aromatic heterocycles. The smallest absolute Gasteiger partial charge is 0.366 e. The van der Waals surface area contributed by atoms with Crippen molar-refractivity contribution >= 4 is 0 Å². The Bertz CT molecular complexity index is 257. The Balaban J connectivity index is 2.45. The second kappa shape index (κ2) is 5.14. The van der Waals surface area contributed by atoms with Crippen molar-refractivity contribution in [1.29, 1.82) is 0 Å². The first-order valence-corrected chi connectivity index (χ1v) is 6.16. The third-order valence-electron chi connectivity index (χ3n) is 3.40. The van der Waals surface area contributed by atoms with E-state index < -0.39 is 18.2 Å². The molecule has 1 saturated heterocycles. The Labute approximate surface area is 101 Å². The fourth-order valence-electron chi connectivity index (χ4n) is 2.26. The SMILES string of the molecule is CCC1(C)CNCC(C)(CCCC(F)(F)F)O1. The zero-order valence-electron chi connectivity index (χ0n) is 10.8. The highest BCUT2D eigenvalue weighted by Gasteiger charge is 2.39. The highest BCUT2D eigenvalue weighted by molar-refractivity contribution is 4.91. The van der Waals surface area contributed by atoms with Gasteiger partial charge in [-0.15, -0.1) is 0 Å². The molecule has 17 heavy (non-hydrogen) atoms. The predicted molar refractivity (Wildman–Crippen MR) is 61.0 cm³/mol. The number of morpholine rings is 1. The van der Waals surface area contributed by atoms with E-state index in [1.807, 2.05) is 20.8 Å². The van der Waals surface area contributed by atoms with E-state index in [4.69, 9.17) is 4.74 Å². The van der Waals surface area contributed by atoms with Crippen molar-refractivity contribution < 1.29 is 17.9 Å². The molecule has 2 unspecified atom stereocenters. The minimum atomic E-state index is -4.06. The van der Waals surface area contributed by atoms with Crippen molar-refractivity contribution in [1.82, 2.24) is 5.32 Å². The predicted octanol–water partition coefficient (Wildman–Crippen LogP) is 3.27. The van der Waals surface area contributed by atoms with Crippen LogP contribution >= 0.6 is 0 Å². The maximum Gasteiger partial charge on any atom is 0.389 e. The van der Waals surface area contributed by atoms with Gasteiger partial charge < -0.3 is 10.1 Å². The molecule has 102 valence electrons. The van der Waals surface area contributed by atoms with Crippen molar-refractivity contribution in [3.05, 3.63) is 0 Å². The van der Waals surface area contributed by atoms with Crippen LogP contribution in [0.15, 0.2) is 0 Å². The molecule has 0 bridgehead atoms. The first-order valence-electron chi connectivity index (χ1n) is 6.16. The highest BCUT2D eigenvalue weighted by atomic mass is 19.4. The average Bonchev–Trinajstić information content (AvgIpc) is 2.15. The molecule has 0 amide bonds. The first-order chi connectivity index (χ1) is 7.68. The summed E-state index contributed by atoms with van der Waals surface area (Å²) < 4.78 is 42.3. The van der Waals surface area contributed by atoms with E-state index in [0.29, 0.717) is 13.0 Å². The second-order valence-corrected chi connectivity index (χ2v) is 5.43. The molecule has 1 N–H and O–H groups in total. The van der Waals surface area contributed by atoms with Gasteiger partial charge >= 0.3 is 6.18 Å². The molecular weight excluding hydrogens is 231 g/mol.